The fraction of sp³-hybridized carbons (Fsp3) is 0.333. The summed E-state index contributed by atoms with van der Waals surface area (Å²) in [6.45, 7) is 1.74. The molecule has 128 valence electrons. The molecule has 3 nitrogen and oxygen atoms in total. The highest BCUT2D eigenvalue weighted by Gasteiger charge is 2.36. The van der Waals surface area contributed by atoms with Crippen LogP contribution in [0.1, 0.15) is 17.2 Å². The van der Waals surface area contributed by atoms with Crippen LogP contribution in [0.4, 0.5) is 13.2 Å². The topological polar surface area (TPSA) is 30.5 Å². The number of alkyl halides is 3. The first-order valence-corrected chi connectivity index (χ1v) is 7.76. The minimum Gasteiger partial charge on any atom is -0.482 e. The molecule has 0 radical (unpaired) electrons. The smallest absolute Gasteiger partial charge is 0.419 e. The van der Waals surface area contributed by atoms with Crippen molar-refractivity contribution >= 4 is 0 Å². The summed E-state index contributed by atoms with van der Waals surface area (Å²) < 4.78 is 51.2. The van der Waals surface area contributed by atoms with Gasteiger partial charge in [0.05, 0.1) is 12.2 Å². The van der Waals surface area contributed by atoms with E-state index >= 15 is 0 Å². The highest BCUT2D eigenvalue weighted by molar-refractivity contribution is 5.36. The van der Waals surface area contributed by atoms with Crippen LogP contribution in [0, 0.1) is 0 Å². The molecule has 0 saturated carbocycles. The Bertz CT molecular complexity index is 655. The van der Waals surface area contributed by atoms with Gasteiger partial charge in [0.1, 0.15) is 11.9 Å². The van der Waals surface area contributed by atoms with Gasteiger partial charge in [-0.2, -0.15) is 13.2 Å². The van der Waals surface area contributed by atoms with Crippen LogP contribution in [0.2, 0.25) is 0 Å². The second kappa shape index (κ2) is 7.23. The summed E-state index contributed by atoms with van der Waals surface area (Å²) in [5.74, 6) is -0.187. The maximum Gasteiger partial charge on any atom is 0.419 e. The van der Waals surface area contributed by atoms with Gasteiger partial charge in [0, 0.05) is 13.1 Å². The number of rotatable bonds is 4. The molecule has 6 heteroatoms. The normalized spacial score (nSPS) is 19.7. The third-order valence-electron chi connectivity index (χ3n) is 3.87. The third-order valence-corrected chi connectivity index (χ3v) is 3.87. The van der Waals surface area contributed by atoms with Gasteiger partial charge in [0.15, 0.2) is 6.10 Å². The van der Waals surface area contributed by atoms with Crippen molar-refractivity contribution in [3.05, 3.63) is 65.7 Å². The standard InChI is InChI=1S/C18H18F3NO2/c19-18(20,21)14-8-4-5-9-15(14)24-17(13-6-2-1-3-7-13)16-12-22-10-11-23-16/h1-9,16-17,22H,10-12H2/t16?,17-/m0/s1. The molecule has 1 aliphatic rings. The lowest BCUT2D eigenvalue weighted by molar-refractivity contribution is -0.140. The Hall–Kier alpha value is -2.05. The van der Waals surface area contributed by atoms with Gasteiger partial charge in [-0.3, -0.25) is 0 Å². The van der Waals surface area contributed by atoms with E-state index in [1.165, 1.54) is 18.2 Å². The fourth-order valence-electron chi connectivity index (χ4n) is 2.72. The van der Waals surface area contributed by atoms with Crippen LogP contribution >= 0.6 is 0 Å². The van der Waals surface area contributed by atoms with Crippen molar-refractivity contribution in [2.24, 2.45) is 0 Å². The average molecular weight is 337 g/mol. The summed E-state index contributed by atoms with van der Waals surface area (Å²) in [6, 6.07) is 14.4. The lowest BCUT2D eigenvalue weighted by atomic mass is 10.0. The molecular weight excluding hydrogens is 319 g/mol. The summed E-state index contributed by atoms with van der Waals surface area (Å²) >= 11 is 0. The van der Waals surface area contributed by atoms with Crippen LogP contribution in [0.25, 0.3) is 0 Å². The molecule has 0 bridgehead atoms. The number of benzene rings is 2. The van der Waals surface area contributed by atoms with Gasteiger partial charge < -0.3 is 14.8 Å². The Labute approximate surface area is 138 Å². The Morgan fingerprint density at radius 1 is 1.04 bits per heavy atom. The number of hydrogen-bond donors (Lipinski definition) is 1. The van der Waals surface area contributed by atoms with Gasteiger partial charge in [0.2, 0.25) is 0 Å². The Kier molecular flexibility index (Phi) is 5.06. The van der Waals surface area contributed by atoms with Crippen molar-refractivity contribution in [3.8, 4) is 5.75 Å². The van der Waals surface area contributed by atoms with Crippen LogP contribution < -0.4 is 10.1 Å². The second-order valence-electron chi connectivity index (χ2n) is 5.56. The molecule has 0 amide bonds. The van der Waals surface area contributed by atoms with E-state index in [1.54, 1.807) is 0 Å². The predicted molar refractivity (Wildman–Crippen MR) is 83.9 cm³/mol. The van der Waals surface area contributed by atoms with E-state index in [1.807, 2.05) is 30.3 Å². The first-order chi connectivity index (χ1) is 11.6. The van der Waals surface area contributed by atoms with E-state index in [-0.39, 0.29) is 11.9 Å². The largest absolute Gasteiger partial charge is 0.482 e. The van der Waals surface area contributed by atoms with Crippen molar-refractivity contribution in [1.82, 2.24) is 5.32 Å². The van der Waals surface area contributed by atoms with Gasteiger partial charge in [-0.15, -0.1) is 0 Å². The molecule has 24 heavy (non-hydrogen) atoms. The zero-order chi connectivity index (χ0) is 17.0. The quantitative estimate of drug-likeness (QED) is 0.920. The minimum atomic E-state index is -4.47. The minimum absolute atomic E-state index is 0.187. The van der Waals surface area contributed by atoms with E-state index < -0.39 is 17.8 Å². The molecule has 0 aromatic heterocycles. The van der Waals surface area contributed by atoms with E-state index in [0.29, 0.717) is 13.2 Å². The molecule has 1 saturated heterocycles. The van der Waals surface area contributed by atoms with Gasteiger partial charge in [-0.1, -0.05) is 42.5 Å². The molecule has 1 unspecified atom stereocenters. The maximum atomic E-state index is 13.2. The van der Waals surface area contributed by atoms with E-state index in [4.69, 9.17) is 9.47 Å². The molecule has 0 aliphatic carbocycles. The number of para-hydroxylation sites is 1. The summed E-state index contributed by atoms with van der Waals surface area (Å²) in [7, 11) is 0. The highest BCUT2D eigenvalue weighted by atomic mass is 19.4. The van der Waals surface area contributed by atoms with Crippen molar-refractivity contribution in [2.75, 3.05) is 19.7 Å². The number of morpholine rings is 1. The molecule has 2 aromatic carbocycles. The number of halogens is 3. The molecule has 2 aromatic rings. The van der Waals surface area contributed by atoms with E-state index in [0.717, 1.165) is 18.2 Å². The van der Waals surface area contributed by atoms with E-state index in [9.17, 15) is 13.2 Å². The molecule has 1 heterocycles. The Balaban J connectivity index is 1.93. The molecule has 3 rings (SSSR count). The first kappa shape index (κ1) is 16.8. The van der Waals surface area contributed by atoms with Crippen LogP contribution in [0.5, 0.6) is 5.75 Å². The Morgan fingerprint density at radius 2 is 1.75 bits per heavy atom. The summed E-state index contributed by atoms with van der Waals surface area (Å²) in [4.78, 5) is 0. The maximum absolute atomic E-state index is 13.2. The fourth-order valence-corrected chi connectivity index (χ4v) is 2.72. The van der Waals surface area contributed by atoms with Gasteiger partial charge in [0.25, 0.3) is 0 Å². The summed E-state index contributed by atoms with van der Waals surface area (Å²) in [5.41, 5.74) is -0.00197. The van der Waals surface area contributed by atoms with Gasteiger partial charge in [-0.25, -0.2) is 0 Å². The number of hydrogen-bond acceptors (Lipinski definition) is 3. The zero-order valence-electron chi connectivity index (χ0n) is 12.9. The molecule has 1 aliphatic heterocycles. The van der Waals surface area contributed by atoms with Crippen LogP contribution in [0.15, 0.2) is 54.6 Å². The van der Waals surface area contributed by atoms with Crippen molar-refractivity contribution in [1.29, 1.82) is 0 Å². The van der Waals surface area contributed by atoms with Gasteiger partial charge >= 0.3 is 6.18 Å². The van der Waals surface area contributed by atoms with Gasteiger partial charge in [-0.05, 0) is 17.7 Å². The van der Waals surface area contributed by atoms with Crippen LogP contribution in [-0.2, 0) is 10.9 Å². The van der Waals surface area contributed by atoms with Crippen LogP contribution in [-0.4, -0.2) is 25.8 Å². The second-order valence-corrected chi connectivity index (χ2v) is 5.56. The number of nitrogens with one attached hydrogen (secondary N) is 1. The summed E-state index contributed by atoms with van der Waals surface area (Å²) in [6.07, 6.45) is -5.45. The zero-order valence-corrected chi connectivity index (χ0v) is 12.9. The SMILES string of the molecule is FC(F)(F)c1ccccc1O[C@@H](c1ccccc1)C1CNCCO1. The lowest BCUT2D eigenvalue weighted by Gasteiger charge is -2.32. The molecule has 2 atom stereocenters. The first-order valence-electron chi connectivity index (χ1n) is 7.76. The van der Waals surface area contributed by atoms with Crippen molar-refractivity contribution < 1.29 is 22.6 Å². The van der Waals surface area contributed by atoms with Crippen molar-refractivity contribution in [3.63, 3.8) is 0 Å². The van der Waals surface area contributed by atoms with E-state index in [2.05, 4.69) is 5.32 Å². The molecule has 0 spiro atoms. The highest BCUT2D eigenvalue weighted by Crippen LogP contribution is 2.38. The molecule has 1 N–H and O–H groups in total. The lowest BCUT2D eigenvalue weighted by Crippen LogP contribution is -2.43. The van der Waals surface area contributed by atoms with Crippen molar-refractivity contribution in [2.45, 2.75) is 18.4 Å². The molecular formula is C18H18F3NO2. The Morgan fingerprint density at radius 3 is 2.42 bits per heavy atom. The predicted octanol–water partition coefficient (Wildman–Crippen LogP) is 3.81. The summed E-state index contributed by atoms with van der Waals surface area (Å²) in [5, 5.41) is 3.19. The number of ether oxygens (including phenoxy) is 2. The molecule has 1 fully saturated rings. The average Bonchev–Trinajstić information content (AvgIpc) is 2.61. The van der Waals surface area contributed by atoms with Crippen LogP contribution in [0.3, 0.4) is 0 Å². The third kappa shape index (κ3) is 3.88. The monoisotopic (exact) mass is 337 g/mol.